The third kappa shape index (κ3) is 4.07. The molecule has 0 saturated heterocycles. The van der Waals surface area contributed by atoms with Crippen LogP contribution in [-0.2, 0) is 19.3 Å². The first-order valence-electron chi connectivity index (χ1n) is 7.03. The molecule has 0 fully saturated rings. The normalized spacial score (nSPS) is 10.6. The summed E-state index contributed by atoms with van der Waals surface area (Å²) in [7, 11) is -1.65. The number of amides is 2. The van der Waals surface area contributed by atoms with Crippen molar-refractivity contribution in [1.82, 2.24) is 0 Å². The molecule has 0 radical (unpaired) electrons. The second-order valence-corrected chi connectivity index (χ2v) is 6.65. The third-order valence-corrected chi connectivity index (χ3v) is 5.02. The van der Waals surface area contributed by atoms with Gasteiger partial charge in [0.2, 0.25) is 9.84 Å². The largest absolute Gasteiger partial charge is 0.453 e. The fourth-order valence-electron chi connectivity index (χ4n) is 2.03. The fraction of sp³-hybridized carbons (Fsp3) is 0.125. The van der Waals surface area contributed by atoms with E-state index in [9.17, 15) is 18.0 Å². The van der Waals surface area contributed by atoms with Gasteiger partial charge in [0, 0.05) is 0 Å². The summed E-state index contributed by atoms with van der Waals surface area (Å²) in [6.45, 7) is 0. The van der Waals surface area contributed by atoms with E-state index in [0.29, 0.717) is 0 Å². The number of ether oxygens (including phenoxy) is 2. The highest BCUT2D eigenvalue weighted by atomic mass is 32.2. The zero-order valence-corrected chi connectivity index (χ0v) is 14.3. The third-order valence-electron chi connectivity index (χ3n) is 3.20. The van der Waals surface area contributed by atoms with E-state index in [2.05, 4.69) is 20.1 Å². The average Bonchev–Trinajstić information content (AvgIpc) is 2.63. The first-order chi connectivity index (χ1) is 11.9. The fourth-order valence-corrected chi connectivity index (χ4v) is 3.49. The van der Waals surface area contributed by atoms with Crippen LogP contribution in [-0.4, -0.2) is 34.8 Å². The van der Waals surface area contributed by atoms with Gasteiger partial charge in [-0.05, 0) is 24.3 Å². The second kappa shape index (κ2) is 7.67. The molecule has 0 unspecified atom stereocenters. The quantitative estimate of drug-likeness (QED) is 0.863. The Morgan fingerprint density at radius 2 is 1.44 bits per heavy atom. The van der Waals surface area contributed by atoms with E-state index in [1.165, 1.54) is 30.3 Å². The molecule has 8 nitrogen and oxygen atoms in total. The van der Waals surface area contributed by atoms with E-state index < -0.39 is 22.0 Å². The van der Waals surface area contributed by atoms with E-state index >= 15 is 0 Å². The van der Waals surface area contributed by atoms with Crippen LogP contribution in [0.4, 0.5) is 21.0 Å². The second-order valence-electron chi connectivity index (χ2n) is 4.73. The summed E-state index contributed by atoms with van der Waals surface area (Å²) in [6.07, 6.45) is -1.70. The predicted molar refractivity (Wildman–Crippen MR) is 90.4 cm³/mol. The lowest BCUT2D eigenvalue weighted by molar-refractivity contribution is 0.185. The molecule has 0 atom stereocenters. The molecule has 2 N–H and O–H groups in total. The smallest absolute Gasteiger partial charge is 0.411 e. The van der Waals surface area contributed by atoms with E-state index in [-0.39, 0.29) is 21.2 Å². The lowest BCUT2D eigenvalue weighted by Crippen LogP contribution is -2.19. The number of hydrogen-bond donors (Lipinski definition) is 2. The van der Waals surface area contributed by atoms with Gasteiger partial charge in [-0.3, -0.25) is 10.6 Å². The molecule has 0 aliphatic carbocycles. The summed E-state index contributed by atoms with van der Waals surface area (Å²) in [5.74, 6) is 0. The van der Waals surface area contributed by atoms with Gasteiger partial charge in [-0.1, -0.05) is 24.3 Å². The van der Waals surface area contributed by atoms with Crippen LogP contribution in [0.5, 0.6) is 0 Å². The molecular weight excluding hydrogens is 348 g/mol. The molecule has 2 rings (SSSR count). The number of benzene rings is 2. The van der Waals surface area contributed by atoms with Crippen molar-refractivity contribution in [2.45, 2.75) is 9.79 Å². The van der Waals surface area contributed by atoms with Crippen molar-refractivity contribution < 1.29 is 27.5 Å². The summed E-state index contributed by atoms with van der Waals surface area (Å²) in [4.78, 5) is 23.0. The molecule has 0 bridgehead atoms. The molecule has 9 heteroatoms. The van der Waals surface area contributed by atoms with Crippen molar-refractivity contribution in [1.29, 1.82) is 0 Å². The van der Waals surface area contributed by atoms with E-state index in [4.69, 9.17) is 0 Å². The van der Waals surface area contributed by atoms with Crippen molar-refractivity contribution in [2.24, 2.45) is 0 Å². The van der Waals surface area contributed by atoms with Crippen LogP contribution in [0.15, 0.2) is 58.3 Å². The van der Waals surface area contributed by atoms with Crippen molar-refractivity contribution in [3.8, 4) is 0 Å². The zero-order chi connectivity index (χ0) is 18.4. The van der Waals surface area contributed by atoms with Crippen LogP contribution in [0.1, 0.15) is 0 Å². The molecule has 2 aromatic carbocycles. The summed E-state index contributed by atoms with van der Waals surface area (Å²) < 4.78 is 34.8. The minimum Gasteiger partial charge on any atom is -0.453 e. The Morgan fingerprint density at radius 1 is 0.840 bits per heavy atom. The Hall–Kier alpha value is -3.07. The SMILES string of the molecule is COC(=O)Nc1cccc(S(=O)(=O)c2ccccc2)c1NC(=O)OC. The molecule has 0 saturated carbocycles. The lowest BCUT2D eigenvalue weighted by Gasteiger charge is -2.16. The number of nitrogens with one attached hydrogen (secondary N) is 2. The van der Waals surface area contributed by atoms with Crippen molar-refractivity contribution in [3.05, 3.63) is 48.5 Å². The van der Waals surface area contributed by atoms with Gasteiger partial charge in [0.05, 0.1) is 35.4 Å². The highest BCUT2D eigenvalue weighted by molar-refractivity contribution is 7.91. The molecule has 0 aromatic heterocycles. The Bertz CT molecular complexity index is 881. The summed E-state index contributed by atoms with van der Waals surface area (Å²) in [6, 6.07) is 11.9. The van der Waals surface area contributed by atoms with E-state index in [0.717, 1.165) is 14.2 Å². The number of rotatable bonds is 4. The van der Waals surface area contributed by atoms with E-state index in [1.807, 2.05) is 0 Å². The van der Waals surface area contributed by atoms with Crippen LogP contribution in [0.2, 0.25) is 0 Å². The van der Waals surface area contributed by atoms with Gasteiger partial charge in [-0.25, -0.2) is 18.0 Å². The molecule has 0 aliphatic rings. The number of hydrogen-bond acceptors (Lipinski definition) is 6. The van der Waals surface area contributed by atoms with E-state index in [1.54, 1.807) is 18.2 Å². The van der Waals surface area contributed by atoms with Gasteiger partial charge < -0.3 is 9.47 Å². The van der Waals surface area contributed by atoms with Gasteiger partial charge in [-0.2, -0.15) is 0 Å². The van der Waals surface area contributed by atoms with Crippen LogP contribution in [0, 0.1) is 0 Å². The first-order valence-corrected chi connectivity index (χ1v) is 8.51. The van der Waals surface area contributed by atoms with Crippen LogP contribution >= 0.6 is 0 Å². The highest BCUT2D eigenvalue weighted by Crippen LogP contribution is 2.33. The predicted octanol–water partition coefficient (Wildman–Crippen LogP) is 2.88. The molecule has 25 heavy (non-hydrogen) atoms. The molecular formula is C16H16N2O6S. The minimum absolute atomic E-state index is 0.0399. The molecule has 0 spiro atoms. The maximum absolute atomic E-state index is 12.9. The summed E-state index contributed by atoms with van der Waals surface area (Å²) in [5.41, 5.74) is -0.0714. The maximum atomic E-state index is 12.9. The standard InChI is InChI=1S/C16H16N2O6S/c1-23-15(19)17-12-9-6-10-13(14(12)18-16(20)24-2)25(21,22)11-7-4-3-5-8-11/h3-10H,1-2H3,(H,17,19)(H,18,20). The van der Waals surface area contributed by atoms with Crippen LogP contribution in [0.3, 0.4) is 0 Å². The number of carbonyl (C=O) groups excluding carboxylic acids is 2. The first kappa shape index (κ1) is 18.3. The Morgan fingerprint density at radius 3 is 2.04 bits per heavy atom. The molecule has 2 amide bonds. The van der Waals surface area contributed by atoms with Gasteiger partial charge >= 0.3 is 12.2 Å². The highest BCUT2D eigenvalue weighted by Gasteiger charge is 2.25. The lowest BCUT2D eigenvalue weighted by atomic mass is 10.2. The van der Waals surface area contributed by atoms with Gasteiger partial charge in [0.15, 0.2) is 0 Å². The number of sulfone groups is 1. The van der Waals surface area contributed by atoms with Crippen molar-refractivity contribution in [2.75, 3.05) is 24.9 Å². The van der Waals surface area contributed by atoms with Gasteiger partial charge in [0.25, 0.3) is 0 Å². The number of para-hydroxylation sites is 1. The van der Waals surface area contributed by atoms with Gasteiger partial charge in [-0.15, -0.1) is 0 Å². The topological polar surface area (TPSA) is 111 Å². The number of anilines is 2. The number of methoxy groups -OCH3 is 2. The summed E-state index contributed by atoms with van der Waals surface area (Å²) in [5, 5.41) is 4.68. The zero-order valence-electron chi connectivity index (χ0n) is 13.5. The molecule has 2 aromatic rings. The van der Waals surface area contributed by atoms with Crippen molar-refractivity contribution in [3.63, 3.8) is 0 Å². The van der Waals surface area contributed by atoms with Crippen molar-refractivity contribution >= 4 is 33.4 Å². The van der Waals surface area contributed by atoms with Crippen LogP contribution in [0.25, 0.3) is 0 Å². The summed E-state index contributed by atoms with van der Waals surface area (Å²) >= 11 is 0. The van der Waals surface area contributed by atoms with Crippen LogP contribution < -0.4 is 10.6 Å². The van der Waals surface area contributed by atoms with Gasteiger partial charge in [0.1, 0.15) is 0 Å². The average molecular weight is 364 g/mol. The Labute approximate surface area is 144 Å². The Kier molecular flexibility index (Phi) is 5.60. The molecule has 0 aliphatic heterocycles. The molecule has 0 heterocycles. The number of carbonyl (C=O) groups is 2. The maximum Gasteiger partial charge on any atom is 0.411 e. The minimum atomic E-state index is -3.95. The monoisotopic (exact) mass is 364 g/mol. The molecule has 132 valence electrons. The Balaban J connectivity index is 2.62.